The first-order valence-corrected chi connectivity index (χ1v) is 9.73. The summed E-state index contributed by atoms with van der Waals surface area (Å²) in [6.45, 7) is 4.76. The number of nitrogens with zero attached hydrogens (tertiary/aromatic N) is 1. The second-order valence-corrected chi connectivity index (χ2v) is 6.84. The number of carbonyl (C=O) groups excluding carboxylic acids is 1. The van der Waals surface area contributed by atoms with Crippen molar-refractivity contribution in [3.63, 3.8) is 0 Å². The van der Waals surface area contributed by atoms with E-state index < -0.39 is 0 Å². The van der Waals surface area contributed by atoms with Crippen LogP contribution in [-0.4, -0.2) is 42.4 Å². The fourth-order valence-electron chi connectivity index (χ4n) is 2.94. The zero-order valence-electron chi connectivity index (χ0n) is 14.2. The van der Waals surface area contributed by atoms with Crippen LogP contribution in [0.25, 0.3) is 0 Å². The van der Waals surface area contributed by atoms with Crippen LogP contribution in [0, 0.1) is 0 Å². The number of halogens is 1. The fraction of sp³-hybridized carbons (Fsp3) is 0.611. The highest BCUT2D eigenvalue weighted by molar-refractivity contribution is 7.98. The summed E-state index contributed by atoms with van der Waals surface area (Å²) < 4.78 is 0. The van der Waals surface area contributed by atoms with Gasteiger partial charge in [-0.3, -0.25) is 4.79 Å². The molecule has 1 amide bonds. The second-order valence-electron chi connectivity index (χ2n) is 5.85. The Morgan fingerprint density at radius 3 is 2.70 bits per heavy atom. The Balaban J connectivity index is 0.00000264. The first-order chi connectivity index (χ1) is 10.8. The summed E-state index contributed by atoms with van der Waals surface area (Å²) >= 11 is 1.85. The van der Waals surface area contributed by atoms with Crippen molar-refractivity contribution in [1.82, 2.24) is 10.2 Å². The molecule has 0 aromatic heterocycles. The molecule has 1 heterocycles. The molecule has 1 aliphatic heterocycles. The Morgan fingerprint density at radius 2 is 2.04 bits per heavy atom. The molecule has 1 saturated heterocycles. The van der Waals surface area contributed by atoms with Crippen LogP contribution in [0.5, 0.6) is 0 Å². The van der Waals surface area contributed by atoms with Gasteiger partial charge in [0.05, 0.1) is 6.04 Å². The molecule has 1 fully saturated rings. The third kappa shape index (κ3) is 6.02. The lowest BCUT2D eigenvalue weighted by Gasteiger charge is -2.36. The fourth-order valence-corrected chi connectivity index (χ4v) is 3.44. The Bertz CT molecular complexity index is 467. The van der Waals surface area contributed by atoms with Gasteiger partial charge < -0.3 is 10.2 Å². The zero-order valence-corrected chi connectivity index (χ0v) is 15.8. The van der Waals surface area contributed by atoms with E-state index in [4.69, 9.17) is 0 Å². The second kappa shape index (κ2) is 11.0. The van der Waals surface area contributed by atoms with Gasteiger partial charge in [0.15, 0.2) is 0 Å². The highest BCUT2D eigenvalue weighted by Crippen LogP contribution is 2.24. The van der Waals surface area contributed by atoms with Crippen LogP contribution in [-0.2, 0) is 11.2 Å². The van der Waals surface area contributed by atoms with E-state index in [9.17, 15) is 4.79 Å². The van der Waals surface area contributed by atoms with E-state index in [1.54, 1.807) is 0 Å². The van der Waals surface area contributed by atoms with Crippen LogP contribution in [0.3, 0.4) is 0 Å². The number of hydrogen-bond acceptors (Lipinski definition) is 3. The number of amides is 1. The molecule has 0 saturated carbocycles. The van der Waals surface area contributed by atoms with Crippen molar-refractivity contribution < 1.29 is 4.79 Å². The Kier molecular flexibility index (Phi) is 9.68. The number of carbonyl (C=O) groups is 1. The van der Waals surface area contributed by atoms with Crippen molar-refractivity contribution in [1.29, 1.82) is 0 Å². The predicted octanol–water partition coefficient (Wildman–Crippen LogP) is 3.68. The van der Waals surface area contributed by atoms with Gasteiger partial charge >= 0.3 is 0 Å². The summed E-state index contributed by atoms with van der Waals surface area (Å²) in [5.41, 5.74) is 2.60. The van der Waals surface area contributed by atoms with Gasteiger partial charge in [0.2, 0.25) is 5.91 Å². The van der Waals surface area contributed by atoms with Gasteiger partial charge in [0, 0.05) is 26.1 Å². The van der Waals surface area contributed by atoms with Gasteiger partial charge in [-0.15, -0.1) is 12.4 Å². The number of unbranched alkanes of at least 4 members (excludes halogenated alkanes) is 1. The monoisotopic (exact) mass is 356 g/mol. The maximum atomic E-state index is 12.6. The number of aryl methyl sites for hydroxylation is 1. The molecule has 3 nitrogen and oxygen atoms in total. The summed E-state index contributed by atoms with van der Waals surface area (Å²) in [6, 6.07) is 8.93. The molecule has 23 heavy (non-hydrogen) atoms. The molecule has 5 heteroatoms. The van der Waals surface area contributed by atoms with Crippen LogP contribution >= 0.6 is 24.2 Å². The van der Waals surface area contributed by atoms with E-state index in [-0.39, 0.29) is 18.4 Å². The Labute approximate surface area is 151 Å². The Morgan fingerprint density at radius 1 is 1.30 bits per heavy atom. The number of rotatable bonds is 7. The minimum atomic E-state index is 0. The minimum Gasteiger partial charge on any atom is -0.333 e. The normalized spacial score (nSPS) is 17.7. The van der Waals surface area contributed by atoms with Gasteiger partial charge in [-0.05, 0) is 42.4 Å². The first-order valence-electron chi connectivity index (χ1n) is 8.34. The van der Waals surface area contributed by atoms with Crippen molar-refractivity contribution in [2.24, 2.45) is 0 Å². The van der Waals surface area contributed by atoms with Gasteiger partial charge in [-0.25, -0.2) is 0 Å². The molecular weight excluding hydrogens is 328 g/mol. The summed E-state index contributed by atoms with van der Waals surface area (Å²) in [4.78, 5) is 14.6. The molecule has 1 unspecified atom stereocenters. The predicted molar refractivity (Wildman–Crippen MR) is 103 cm³/mol. The van der Waals surface area contributed by atoms with Crippen molar-refractivity contribution in [2.45, 2.75) is 38.6 Å². The highest BCUT2D eigenvalue weighted by Gasteiger charge is 2.27. The van der Waals surface area contributed by atoms with Crippen LogP contribution in [0.1, 0.15) is 43.4 Å². The molecular formula is C18H29ClN2OS. The van der Waals surface area contributed by atoms with Crippen molar-refractivity contribution in [2.75, 3.05) is 31.6 Å². The van der Waals surface area contributed by atoms with Gasteiger partial charge in [-0.1, -0.05) is 31.2 Å². The molecule has 0 bridgehead atoms. The quantitative estimate of drug-likeness (QED) is 0.756. The number of thioether (sulfide) groups is 1. The smallest absolute Gasteiger partial charge is 0.223 e. The zero-order chi connectivity index (χ0) is 15.8. The van der Waals surface area contributed by atoms with E-state index in [1.165, 1.54) is 11.1 Å². The average molecular weight is 357 g/mol. The molecule has 1 N–H and O–H groups in total. The maximum absolute atomic E-state index is 12.6. The third-order valence-electron chi connectivity index (χ3n) is 4.33. The Hall–Kier alpha value is -0.710. The lowest BCUT2D eigenvalue weighted by Crippen LogP contribution is -2.48. The topological polar surface area (TPSA) is 32.3 Å². The van der Waals surface area contributed by atoms with Crippen LogP contribution in [0.2, 0.25) is 0 Å². The van der Waals surface area contributed by atoms with Crippen LogP contribution in [0.4, 0.5) is 0 Å². The van der Waals surface area contributed by atoms with Gasteiger partial charge in [0.1, 0.15) is 0 Å². The summed E-state index contributed by atoms with van der Waals surface area (Å²) in [7, 11) is 0. The molecule has 0 aliphatic carbocycles. The van der Waals surface area contributed by atoms with Crippen LogP contribution < -0.4 is 5.32 Å². The molecule has 1 aromatic carbocycles. The standard InChI is InChI=1S/C18H28N2OS.ClH/c1-3-15-7-9-16(10-8-15)17-14-19-11-12-20(17)18(21)6-4-5-13-22-2;/h7-10,17,19H,3-6,11-14H2,1-2H3;1H. The van der Waals surface area contributed by atoms with Crippen molar-refractivity contribution in [3.05, 3.63) is 35.4 Å². The SMILES string of the molecule is CCc1ccc(C2CNCCN2C(=O)CCCCSC)cc1.Cl. The maximum Gasteiger partial charge on any atom is 0.223 e. The molecule has 0 spiro atoms. The van der Waals surface area contributed by atoms with E-state index in [1.807, 2.05) is 11.8 Å². The number of nitrogens with one attached hydrogen (secondary N) is 1. The molecule has 130 valence electrons. The van der Waals surface area contributed by atoms with E-state index >= 15 is 0 Å². The van der Waals surface area contributed by atoms with Crippen molar-refractivity contribution in [3.8, 4) is 0 Å². The lowest BCUT2D eigenvalue weighted by atomic mass is 10.0. The summed E-state index contributed by atoms with van der Waals surface area (Å²) in [5.74, 6) is 1.46. The summed E-state index contributed by atoms with van der Waals surface area (Å²) in [6.07, 6.45) is 6.00. The molecule has 2 rings (SSSR count). The lowest BCUT2D eigenvalue weighted by molar-refractivity contribution is -0.134. The molecule has 0 radical (unpaired) electrons. The van der Waals surface area contributed by atoms with E-state index in [0.717, 1.165) is 44.6 Å². The number of hydrogen-bond donors (Lipinski definition) is 1. The van der Waals surface area contributed by atoms with E-state index in [2.05, 4.69) is 47.7 Å². The van der Waals surface area contributed by atoms with Gasteiger partial charge in [-0.2, -0.15) is 11.8 Å². The third-order valence-corrected chi connectivity index (χ3v) is 5.02. The first kappa shape index (κ1) is 20.3. The highest BCUT2D eigenvalue weighted by atomic mass is 35.5. The molecule has 1 aromatic rings. The van der Waals surface area contributed by atoms with E-state index in [0.29, 0.717) is 12.3 Å². The van der Waals surface area contributed by atoms with Gasteiger partial charge in [0.25, 0.3) is 0 Å². The number of piperazine rings is 1. The van der Waals surface area contributed by atoms with Crippen LogP contribution in [0.15, 0.2) is 24.3 Å². The number of benzene rings is 1. The minimum absolute atomic E-state index is 0. The molecule has 1 aliphatic rings. The van der Waals surface area contributed by atoms with Crippen molar-refractivity contribution >= 4 is 30.1 Å². The molecule has 1 atom stereocenters. The summed E-state index contributed by atoms with van der Waals surface area (Å²) in [5, 5.41) is 3.43. The largest absolute Gasteiger partial charge is 0.333 e. The average Bonchev–Trinajstić information content (AvgIpc) is 2.58.